The number of carbonyl (C=O) groups excluding carboxylic acids is 1. The topological polar surface area (TPSA) is 152 Å². The van der Waals surface area contributed by atoms with Gasteiger partial charge >= 0.3 is 5.97 Å². The first-order chi connectivity index (χ1) is 21.0. The fraction of sp³-hybridized carbons (Fsp3) is 0.419. The van der Waals surface area contributed by atoms with Crippen LogP contribution >= 0.6 is 11.3 Å². The van der Waals surface area contributed by atoms with Crippen molar-refractivity contribution in [1.29, 1.82) is 0 Å². The molecule has 4 aromatic rings. The number of aromatic nitrogens is 2. The molecular weight excluding hydrogens is 604 g/mol. The van der Waals surface area contributed by atoms with Crippen LogP contribution in [0.2, 0.25) is 0 Å². The van der Waals surface area contributed by atoms with Crippen molar-refractivity contribution in [2.75, 3.05) is 19.0 Å². The second-order valence-electron chi connectivity index (χ2n) is 11.1. The van der Waals surface area contributed by atoms with Gasteiger partial charge in [0, 0.05) is 24.7 Å². The van der Waals surface area contributed by atoms with E-state index >= 15 is 0 Å². The number of anilines is 1. The lowest BCUT2D eigenvalue weighted by Crippen LogP contribution is -2.33. The molecule has 0 radical (unpaired) electrons. The lowest BCUT2D eigenvalue weighted by molar-refractivity contribution is -0.137. The third-order valence-electron chi connectivity index (χ3n) is 8.02. The summed E-state index contributed by atoms with van der Waals surface area (Å²) in [5.41, 5.74) is 2.03. The molecule has 0 aliphatic heterocycles. The van der Waals surface area contributed by atoms with E-state index in [1.54, 1.807) is 44.2 Å². The van der Waals surface area contributed by atoms with Gasteiger partial charge in [0.15, 0.2) is 5.13 Å². The molecule has 11 nitrogen and oxygen atoms in total. The SMILES string of the molecule is COc1ccc2nc(NC(=O)C(CC3CCCC3)c3ccc(S(=O)(=O)N(CCC(=O)O)Cc4cc(C)oc4C)cc3)sc2n1. The summed E-state index contributed by atoms with van der Waals surface area (Å²) in [4.78, 5) is 34.6. The van der Waals surface area contributed by atoms with Gasteiger partial charge in [-0.25, -0.2) is 18.4 Å². The standard InChI is InChI=1S/C31H36N4O7S2/c1-19-16-23(20(2)42-19)18-35(15-14-28(36)37)44(39,40)24-10-8-22(9-11-24)25(17-21-6-4-5-7-21)29(38)34-31-32-26-12-13-27(41-3)33-30(26)43-31/h8-13,16,21,25H,4-7,14-15,17-18H2,1-3H3,(H,36,37)(H,32,34,38). The summed E-state index contributed by atoms with van der Waals surface area (Å²) >= 11 is 1.26. The number of rotatable bonds is 13. The Hall–Kier alpha value is -3.81. The Bertz CT molecular complexity index is 1740. The van der Waals surface area contributed by atoms with Gasteiger partial charge in [0.25, 0.3) is 0 Å². The molecule has 1 atom stereocenters. The van der Waals surface area contributed by atoms with Gasteiger partial charge in [-0.15, -0.1) is 0 Å². The smallest absolute Gasteiger partial charge is 0.304 e. The number of methoxy groups -OCH3 is 1. The van der Waals surface area contributed by atoms with Crippen molar-refractivity contribution in [3.8, 4) is 5.88 Å². The molecule has 1 fully saturated rings. The van der Waals surface area contributed by atoms with Crippen molar-refractivity contribution in [3.05, 3.63) is 65.1 Å². The molecule has 44 heavy (non-hydrogen) atoms. The fourth-order valence-corrected chi connectivity index (χ4v) is 7.94. The number of sulfonamides is 1. The lowest BCUT2D eigenvalue weighted by atomic mass is 9.87. The zero-order valence-electron chi connectivity index (χ0n) is 24.9. The van der Waals surface area contributed by atoms with Crippen LogP contribution in [0.5, 0.6) is 5.88 Å². The van der Waals surface area contributed by atoms with Crippen molar-refractivity contribution >= 4 is 48.7 Å². The highest BCUT2D eigenvalue weighted by Gasteiger charge is 2.30. The number of aryl methyl sites for hydroxylation is 2. The van der Waals surface area contributed by atoms with Crippen LogP contribution in [0.1, 0.15) is 67.1 Å². The molecule has 1 saturated carbocycles. The number of carbonyl (C=O) groups is 2. The number of nitrogens with zero attached hydrogens (tertiary/aromatic N) is 3. The molecule has 5 rings (SSSR count). The van der Waals surface area contributed by atoms with Crippen LogP contribution in [0.3, 0.4) is 0 Å². The molecule has 13 heteroatoms. The first kappa shape index (κ1) is 31.6. The maximum atomic E-state index is 13.7. The van der Waals surface area contributed by atoms with Crippen LogP contribution in [0.4, 0.5) is 5.13 Å². The minimum atomic E-state index is -4.05. The lowest BCUT2D eigenvalue weighted by Gasteiger charge is -2.23. The summed E-state index contributed by atoms with van der Waals surface area (Å²) in [5, 5.41) is 12.7. The Morgan fingerprint density at radius 3 is 2.50 bits per heavy atom. The molecule has 0 spiro atoms. The summed E-state index contributed by atoms with van der Waals surface area (Å²) in [5.74, 6) is 0.261. The van der Waals surface area contributed by atoms with E-state index in [4.69, 9.17) is 9.15 Å². The van der Waals surface area contributed by atoms with E-state index in [-0.39, 0.29) is 30.3 Å². The highest BCUT2D eigenvalue weighted by Crippen LogP contribution is 2.36. The Morgan fingerprint density at radius 2 is 1.86 bits per heavy atom. The van der Waals surface area contributed by atoms with Crippen molar-refractivity contribution in [2.45, 2.75) is 69.7 Å². The van der Waals surface area contributed by atoms with Gasteiger partial charge in [-0.1, -0.05) is 49.2 Å². The third-order valence-corrected chi connectivity index (χ3v) is 10.8. The fourth-order valence-electron chi connectivity index (χ4n) is 5.69. The number of thiazole rings is 1. The highest BCUT2D eigenvalue weighted by atomic mass is 32.2. The monoisotopic (exact) mass is 640 g/mol. The molecule has 1 unspecified atom stereocenters. The first-order valence-electron chi connectivity index (χ1n) is 14.5. The van der Waals surface area contributed by atoms with Crippen LogP contribution in [-0.4, -0.2) is 53.3 Å². The number of nitrogens with one attached hydrogen (secondary N) is 1. The number of carboxylic acids is 1. The van der Waals surface area contributed by atoms with Crippen LogP contribution in [0.15, 0.2) is 51.8 Å². The number of benzene rings is 1. The number of hydrogen-bond donors (Lipinski definition) is 2. The van der Waals surface area contributed by atoms with Crippen molar-refractivity contribution in [1.82, 2.24) is 14.3 Å². The maximum absolute atomic E-state index is 13.7. The molecule has 3 aromatic heterocycles. The van der Waals surface area contributed by atoms with Crippen LogP contribution in [0, 0.1) is 19.8 Å². The highest BCUT2D eigenvalue weighted by molar-refractivity contribution is 7.89. The number of hydrogen-bond acceptors (Lipinski definition) is 9. The predicted octanol–water partition coefficient (Wildman–Crippen LogP) is 5.88. The summed E-state index contributed by atoms with van der Waals surface area (Å²) in [6.07, 6.45) is 4.65. The number of amides is 1. The average molecular weight is 641 g/mol. The number of furan rings is 1. The van der Waals surface area contributed by atoms with E-state index in [9.17, 15) is 23.1 Å². The number of ether oxygens (including phenoxy) is 1. The molecule has 0 saturated heterocycles. The zero-order valence-corrected chi connectivity index (χ0v) is 26.5. The predicted molar refractivity (Wildman–Crippen MR) is 166 cm³/mol. The maximum Gasteiger partial charge on any atom is 0.304 e. The Balaban J connectivity index is 1.39. The number of aliphatic carboxylic acids is 1. The van der Waals surface area contributed by atoms with Crippen molar-refractivity contribution in [2.24, 2.45) is 5.92 Å². The van der Waals surface area contributed by atoms with Gasteiger partial charge in [-0.05, 0) is 56.0 Å². The molecule has 234 valence electrons. The van der Waals surface area contributed by atoms with Gasteiger partial charge < -0.3 is 19.6 Å². The zero-order chi connectivity index (χ0) is 31.4. The van der Waals surface area contributed by atoms with Gasteiger partial charge in [-0.3, -0.25) is 9.59 Å². The summed E-state index contributed by atoms with van der Waals surface area (Å²) < 4.78 is 39.4. The Kier molecular flexibility index (Phi) is 9.66. The van der Waals surface area contributed by atoms with E-state index < -0.39 is 21.9 Å². The van der Waals surface area contributed by atoms with Crippen molar-refractivity contribution in [3.63, 3.8) is 0 Å². The normalized spacial score (nSPS) is 14.7. The van der Waals surface area contributed by atoms with E-state index in [2.05, 4.69) is 15.3 Å². The summed E-state index contributed by atoms with van der Waals surface area (Å²) in [6.45, 7) is 3.31. The Morgan fingerprint density at radius 1 is 1.14 bits per heavy atom. The minimum absolute atomic E-state index is 0.0177. The molecule has 2 N–H and O–H groups in total. The first-order valence-corrected chi connectivity index (χ1v) is 16.8. The minimum Gasteiger partial charge on any atom is -0.481 e. The molecule has 1 aliphatic rings. The number of carboxylic acid groups (broad SMARTS) is 1. The summed E-state index contributed by atoms with van der Waals surface area (Å²) in [6, 6.07) is 11.6. The van der Waals surface area contributed by atoms with Gasteiger partial charge in [0.1, 0.15) is 21.9 Å². The number of pyridine rings is 1. The molecule has 1 amide bonds. The largest absolute Gasteiger partial charge is 0.481 e. The van der Waals surface area contributed by atoms with Crippen molar-refractivity contribution < 1.29 is 32.3 Å². The molecule has 1 aliphatic carbocycles. The summed E-state index contributed by atoms with van der Waals surface area (Å²) in [7, 11) is -2.52. The molecular formula is C31H36N4O7S2. The van der Waals surface area contributed by atoms with Crippen LogP contribution < -0.4 is 10.1 Å². The second-order valence-corrected chi connectivity index (χ2v) is 14.0. The third kappa shape index (κ3) is 7.28. The van der Waals surface area contributed by atoms with E-state index in [0.29, 0.717) is 56.3 Å². The van der Waals surface area contributed by atoms with E-state index in [0.717, 1.165) is 30.0 Å². The number of fused-ring (bicyclic) bond motifs is 1. The Labute approximate surface area is 260 Å². The van der Waals surface area contributed by atoms with E-state index in [1.807, 2.05) is 0 Å². The molecule has 3 heterocycles. The van der Waals surface area contributed by atoms with Gasteiger partial charge in [0.05, 0.1) is 24.3 Å². The second kappa shape index (κ2) is 13.4. The van der Waals surface area contributed by atoms with Gasteiger partial charge in [0.2, 0.25) is 21.8 Å². The average Bonchev–Trinajstić information content (AvgIpc) is 3.73. The van der Waals surface area contributed by atoms with Crippen LogP contribution in [-0.2, 0) is 26.2 Å². The van der Waals surface area contributed by atoms with Gasteiger partial charge in [-0.2, -0.15) is 4.31 Å². The molecule has 0 bridgehead atoms. The molecule has 1 aromatic carbocycles. The van der Waals surface area contributed by atoms with Crippen LogP contribution in [0.25, 0.3) is 10.3 Å². The quantitative estimate of drug-likeness (QED) is 0.183. The van der Waals surface area contributed by atoms with E-state index in [1.165, 1.54) is 30.6 Å².